The Hall–Kier alpha value is -1.83. The monoisotopic (exact) mass is 200 g/mol. The van der Waals surface area contributed by atoms with Crippen LogP contribution in [0.2, 0.25) is 0 Å². The van der Waals surface area contributed by atoms with E-state index in [1.807, 2.05) is 36.4 Å². The summed E-state index contributed by atoms with van der Waals surface area (Å²) < 4.78 is 0. The summed E-state index contributed by atoms with van der Waals surface area (Å²) >= 11 is 0. The third-order valence-electron chi connectivity index (χ3n) is 2.41. The fourth-order valence-corrected chi connectivity index (χ4v) is 1.60. The molecule has 0 amide bonds. The fraction of sp³-hybridized carbons (Fsp3) is 0.154. The van der Waals surface area contributed by atoms with E-state index in [4.69, 9.17) is 0 Å². The number of benzene rings is 1. The second kappa shape index (κ2) is 4.13. The van der Waals surface area contributed by atoms with Gasteiger partial charge in [-0.05, 0) is 23.6 Å². The predicted molar refractivity (Wildman–Crippen MR) is 59.4 cm³/mol. The van der Waals surface area contributed by atoms with Gasteiger partial charge in [0.15, 0.2) is 5.78 Å². The van der Waals surface area contributed by atoms with Crippen molar-refractivity contribution < 1.29 is 9.90 Å². The van der Waals surface area contributed by atoms with E-state index in [1.54, 1.807) is 0 Å². The van der Waals surface area contributed by atoms with Crippen molar-refractivity contribution in [3.8, 4) is 0 Å². The van der Waals surface area contributed by atoms with Crippen molar-refractivity contribution >= 4 is 11.9 Å². The van der Waals surface area contributed by atoms with Gasteiger partial charge in [0.1, 0.15) is 5.76 Å². The van der Waals surface area contributed by atoms with E-state index in [0.29, 0.717) is 12.8 Å². The number of carbonyl (C=O) groups is 1. The van der Waals surface area contributed by atoms with Gasteiger partial charge in [-0.3, -0.25) is 4.79 Å². The van der Waals surface area contributed by atoms with Crippen molar-refractivity contribution in [3.63, 3.8) is 0 Å². The zero-order valence-electron chi connectivity index (χ0n) is 8.31. The number of aliphatic hydroxyl groups excluding tert-OH is 1. The Morgan fingerprint density at radius 3 is 2.53 bits per heavy atom. The molecule has 76 valence electrons. The van der Waals surface area contributed by atoms with Gasteiger partial charge in [-0.15, -0.1) is 0 Å². The smallest absolute Gasteiger partial charge is 0.159 e. The van der Waals surface area contributed by atoms with Crippen LogP contribution in [0.15, 0.2) is 47.7 Å². The van der Waals surface area contributed by atoms with Gasteiger partial charge in [-0.1, -0.05) is 30.3 Å². The van der Waals surface area contributed by atoms with Crippen molar-refractivity contribution in [3.05, 3.63) is 53.3 Å². The molecular formula is C13H12O2. The van der Waals surface area contributed by atoms with E-state index >= 15 is 0 Å². The Bertz CT molecular complexity index is 427. The van der Waals surface area contributed by atoms with Crippen molar-refractivity contribution in [1.29, 1.82) is 0 Å². The van der Waals surface area contributed by atoms with E-state index in [2.05, 4.69) is 0 Å². The van der Waals surface area contributed by atoms with E-state index < -0.39 is 0 Å². The molecule has 1 aromatic carbocycles. The highest BCUT2D eigenvalue weighted by Gasteiger charge is 2.13. The van der Waals surface area contributed by atoms with Gasteiger partial charge >= 0.3 is 0 Å². The van der Waals surface area contributed by atoms with Gasteiger partial charge in [0.05, 0.1) is 0 Å². The minimum absolute atomic E-state index is 0.00212. The highest BCUT2D eigenvalue weighted by atomic mass is 16.3. The van der Waals surface area contributed by atoms with Crippen LogP contribution in [0.4, 0.5) is 0 Å². The van der Waals surface area contributed by atoms with Crippen LogP contribution in [0.1, 0.15) is 18.4 Å². The van der Waals surface area contributed by atoms with Crippen molar-refractivity contribution in [1.82, 2.24) is 0 Å². The predicted octanol–water partition coefficient (Wildman–Crippen LogP) is 2.87. The molecule has 0 aromatic heterocycles. The SMILES string of the molecule is O=C1C=C(O)/C(=C/c2ccccc2)CC1. The molecule has 1 aliphatic rings. The molecule has 0 spiro atoms. The summed E-state index contributed by atoms with van der Waals surface area (Å²) in [4.78, 5) is 11.0. The fourth-order valence-electron chi connectivity index (χ4n) is 1.60. The maximum atomic E-state index is 11.0. The minimum atomic E-state index is -0.00212. The zero-order valence-corrected chi connectivity index (χ0v) is 8.31. The summed E-state index contributed by atoms with van der Waals surface area (Å²) in [7, 11) is 0. The molecular weight excluding hydrogens is 188 g/mol. The summed E-state index contributed by atoms with van der Waals surface area (Å²) in [5.74, 6) is 0.104. The van der Waals surface area contributed by atoms with Gasteiger partial charge < -0.3 is 5.11 Å². The molecule has 0 aliphatic heterocycles. The van der Waals surface area contributed by atoms with Gasteiger partial charge in [0.25, 0.3) is 0 Å². The molecule has 1 aromatic rings. The van der Waals surface area contributed by atoms with Crippen LogP contribution in [0, 0.1) is 0 Å². The molecule has 2 heteroatoms. The second-order valence-corrected chi connectivity index (χ2v) is 3.58. The Morgan fingerprint density at radius 1 is 1.13 bits per heavy atom. The topological polar surface area (TPSA) is 37.3 Å². The lowest BCUT2D eigenvalue weighted by molar-refractivity contribution is -0.114. The van der Waals surface area contributed by atoms with Gasteiger partial charge in [-0.2, -0.15) is 0 Å². The summed E-state index contributed by atoms with van der Waals surface area (Å²) in [5.41, 5.74) is 1.88. The van der Waals surface area contributed by atoms with Crippen LogP contribution < -0.4 is 0 Å². The molecule has 0 fully saturated rings. The largest absolute Gasteiger partial charge is 0.508 e. The van der Waals surface area contributed by atoms with Crippen molar-refractivity contribution in [2.75, 3.05) is 0 Å². The molecule has 0 radical (unpaired) electrons. The number of hydrogen-bond donors (Lipinski definition) is 1. The van der Waals surface area contributed by atoms with E-state index in [9.17, 15) is 9.90 Å². The Kier molecular flexibility index (Phi) is 2.68. The van der Waals surface area contributed by atoms with Gasteiger partial charge in [0, 0.05) is 12.5 Å². The lowest BCUT2D eigenvalue weighted by atomic mass is 9.97. The van der Waals surface area contributed by atoms with E-state index in [1.165, 1.54) is 6.08 Å². The molecule has 0 saturated heterocycles. The quantitative estimate of drug-likeness (QED) is 0.756. The van der Waals surface area contributed by atoms with Crippen molar-refractivity contribution in [2.45, 2.75) is 12.8 Å². The van der Waals surface area contributed by atoms with Crippen molar-refractivity contribution in [2.24, 2.45) is 0 Å². The van der Waals surface area contributed by atoms with Crippen LogP contribution in [0.25, 0.3) is 6.08 Å². The average Bonchev–Trinajstić information content (AvgIpc) is 2.24. The highest BCUT2D eigenvalue weighted by molar-refractivity contribution is 5.92. The number of allylic oxidation sites excluding steroid dienone is 2. The molecule has 1 N–H and O–H groups in total. The number of aliphatic hydroxyl groups is 1. The number of hydrogen-bond acceptors (Lipinski definition) is 2. The van der Waals surface area contributed by atoms with Crippen LogP contribution >= 0.6 is 0 Å². The van der Waals surface area contributed by atoms with Crippen LogP contribution in [0.5, 0.6) is 0 Å². The minimum Gasteiger partial charge on any atom is -0.508 e. The maximum absolute atomic E-state index is 11.0. The molecule has 0 unspecified atom stereocenters. The first-order valence-electron chi connectivity index (χ1n) is 4.95. The van der Waals surface area contributed by atoms with Crippen LogP contribution in [-0.4, -0.2) is 10.9 Å². The number of ketones is 1. The molecule has 2 nitrogen and oxygen atoms in total. The normalized spacial score (nSPS) is 19.1. The first kappa shape index (κ1) is 9.71. The summed E-state index contributed by atoms with van der Waals surface area (Å²) in [5, 5.41) is 9.57. The molecule has 0 bridgehead atoms. The molecule has 1 aliphatic carbocycles. The molecule has 2 rings (SSSR count). The molecule has 0 atom stereocenters. The Labute approximate surface area is 88.6 Å². The standard InChI is InChI=1S/C13H12O2/c14-12-7-6-11(13(15)9-12)8-10-4-2-1-3-5-10/h1-5,8-9,15H,6-7H2/b11-8+. The molecule has 15 heavy (non-hydrogen) atoms. The van der Waals surface area contributed by atoms with E-state index in [0.717, 1.165) is 11.1 Å². The summed E-state index contributed by atoms with van der Waals surface area (Å²) in [6.07, 6.45) is 4.33. The zero-order chi connectivity index (χ0) is 10.7. The van der Waals surface area contributed by atoms with Crippen LogP contribution in [-0.2, 0) is 4.79 Å². The van der Waals surface area contributed by atoms with E-state index in [-0.39, 0.29) is 11.5 Å². The third-order valence-corrected chi connectivity index (χ3v) is 2.41. The molecule has 0 heterocycles. The lowest BCUT2D eigenvalue weighted by Gasteiger charge is -2.10. The summed E-state index contributed by atoms with van der Waals surface area (Å²) in [6.45, 7) is 0. The Morgan fingerprint density at radius 2 is 1.87 bits per heavy atom. The van der Waals surface area contributed by atoms with Gasteiger partial charge in [-0.25, -0.2) is 0 Å². The first-order chi connectivity index (χ1) is 7.25. The first-order valence-corrected chi connectivity index (χ1v) is 4.95. The highest BCUT2D eigenvalue weighted by Crippen LogP contribution is 2.22. The maximum Gasteiger partial charge on any atom is 0.159 e. The Balaban J connectivity index is 2.29. The van der Waals surface area contributed by atoms with Crippen LogP contribution in [0.3, 0.4) is 0 Å². The van der Waals surface area contributed by atoms with Gasteiger partial charge in [0.2, 0.25) is 0 Å². The molecule has 0 saturated carbocycles. The summed E-state index contributed by atoms with van der Waals surface area (Å²) in [6, 6.07) is 9.78. The second-order valence-electron chi connectivity index (χ2n) is 3.58. The third kappa shape index (κ3) is 2.34. The number of rotatable bonds is 1. The lowest BCUT2D eigenvalue weighted by Crippen LogP contribution is -2.05. The average molecular weight is 200 g/mol. The number of carbonyl (C=O) groups excluding carboxylic acids is 1.